The summed E-state index contributed by atoms with van der Waals surface area (Å²) >= 11 is 0. The van der Waals surface area contributed by atoms with Crippen molar-refractivity contribution in [1.82, 2.24) is 0 Å². The van der Waals surface area contributed by atoms with E-state index in [-0.39, 0.29) is 16.8 Å². The SMILES string of the molecule is CC1(C)CCCC1(O)c1cc2cccc(F)c2o1. The van der Waals surface area contributed by atoms with Gasteiger partial charge in [0, 0.05) is 10.8 Å². The highest BCUT2D eigenvalue weighted by Crippen LogP contribution is 2.53. The highest BCUT2D eigenvalue weighted by Gasteiger charge is 2.50. The maximum atomic E-state index is 13.6. The fourth-order valence-electron chi connectivity index (χ4n) is 3.02. The number of halogens is 1. The summed E-state index contributed by atoms with van der Waals surface area (Å²) in [5.41, 5.74) is -0.987. The second-order valence-corrected chi connectivity index (χ2v) is 5.87. The summed E-state index contributed by atoms with van der Waals surface area (Å²) < 4.78 is 19.2. The van der Waals surface area contributed by atoms with Crippen LogP contribution in [0.25, 0.3) is 11.0 Å². The van der Waals surface area contributed by atoms with Gasteiger partial charge in [0.1, 0.15) is 11.4 Å². The second kappa shape index (κ2) is 3.58. The molecule has 1 unspecified atom stereocenters. The van der Waals surface area contributed by atoms with Crippen molar-refractivity contribution in [3.8, 4) is 0 Å². The van der Waals surface area contributed by atoms with E-state index in [1.54, 1.807) is 18.2 Å². The van der Waals surface area contributed by atoms with E-state index >= 15 is 0 Å². The maximum Gasteiger partial charge on any atom is 0.170 e. The van der Waals surface area contributed by atoms with Gasteiger partial charge in [0.15, 0.2) is 11.4 Å². The van der Waals surface area contributed by atoms with Crippen molar-refractivity contribution in [2.24, 2.45) is 5.41 Å². The maximum absolute atomic E-state index is 13.6. The van der Waals surface area contributed by atoms with E-state index in [1.165, 1.54) is 6.07 Å². The lowest BCUT2D eigenvalue weighted by molar-refractivity contribution is -0.0644. The topological polar surface area (TPSA) is 33.4 Å². The molecule has 1 aromatic heterocycles. The molecule has 1 aliphatic carbocycles. The summed E-state index contributed by atoms with van der Waals surface area (Å²) in [5.74, 6) is 0.114. The molecule has 3 rings (SSSR count). The largest absolute Gasteiger partial charge is 0.455 e. The van der Waals surface area contributed by atoms with Crippen LogP contribution in [0.5, 0.6) is 0 Å². The Hall–Kier alpha value is -1.35. The van der Waals surface area contributed by atoms with Gasteiger partial charge in [-0.2, -0.15) is 0 Å². The molecule has 1 aromatic carbocycles. The molecule has 0 aliphatic heterocycles. The Morgan fingerprint density at radius 2 is 2.06 bits per heavy atom. The Morgan fingerprint density at radius 1 is 1.28 bits per heavy atom. The predicted octanol–water partition coefficient (Wildman–Crippen LogP) is 3.97. The van der Waals surface area contributed by atoms with E-state index in [2.05, 4.69) is 0 Å². The molecule has 96 valence electrons. The van der Waals surface area contributed by atoms with Crippen LogP contribution in [-0.2, 0) is 5.60 Å². The van der Waals surface area contributed by atoms with Gasteiger partial charge in [0.2, 0.25) is 0 Å². The fraction of sp³-hybridized carbons (Fsp3) is 0.467. The van der Waals surface area contributed by atoms with Crippen LogP contribution in [0.2, 0.25) is 0 Å². The third-order valence-corrected chi connectivity index (χ3v) is 4.36. The molecular formula is C15H17FO2. The highest BCUT2D eigenvalue weighted by atomic mass is 19.1. The van der Waals surface area contributed by atoms with Crippen molar-refractivity contribution in [2.75, 3.05) is 0 Å². The third kappa shape index (κ3) is 1.43. The number of hydrogen-bond donors (Lipinski definition) is 1. The van der Waals surface area contributed by atoms with E-state index in [9.17, 15) is 9.50 Å². The molecule has 1 atom stereocenters. The molecule has 3 heteroatoms. The number of hydrogen-bond acceptors (Lipinski definition) is 2. The smallest absolute Gasteiger partial charge is 0.170 e. The molecular weight excluding hydrogens is 231 g/mol. The van der Waals surface area contributed by atoms with Crippen molar-refractivity contribution in [2.45, 2.75) is 38.7 Å². The van der Waals surface area contributed by atoms with Gasteiger partial charge in [0.25, 0.3) is 0 Å². The quantitative estimate of drug-likeness (QED) is 0.828. The minimum atomic E-state index is -0.988. The van der Waals surface area contributed by atoms with Crippen LogP contribution >= 0.6 is 0 Å². The average molecular weight is 248 g/mol. The van der Waals surface area contributed by atoms with Gasteiger partial charge in [-0.3, -0.25) is 0 Å². The Kier molecular flexibility index (Phi) is 2.33. The van der Waals surface area contributed by atoms with E-state index in [1.807, 2.05) is 13.8 Å². The minimum absolute atomic E-state index is 0.239. The molecule has 18 heavy (non-hydrogen) atoms. The zero-order valence-electron chi connectivity index (χ0n) is 10.7. The molecule has 0 spiro atoms. The van der Waals surface area contributed by atoms with E-state index in [0.717, 1.165) is 12.8 Å². The molecule has 0 amide bonds. The zero-order chi connectivity index (χ0) is 13.0. The first-order valence-electron chi connectivity index (χ1n) is 6.35. The minimum Gasteiger partial charge on any atom is -0.455 e. The summed E-state index contributed by atoms with van der Waals surface area (Å²) in [6, 6.07) is 6.60. The monoisotopic (exact) mass is 248 g/mol. The van der Waals surface area contributed by atoms with Crippen LogP contribution in [-0.4, -0.2) is 5.11 Å². The Labute approximate surface area is 105 Å². The highest BCUT2D eigenvalue weighted by molar-refractivity contribution is 5.78. The van der Waals surface area contributed by atoms with Crippen LogP contribution in [0.3, 0.4) is 0 Å². The van der Waals surface area contributed by atoms with Gasteiger partial charge in [-0.05, 0) is 31.4 Å². The van der Waals surface area contributed by atoms with Gasteiger partial charge in [-0.1, -0.05) is 26.0 Å². The number of para-hydroxylation sites is 1. The standard InChI is InChI=1S/C15H17FO2/c1-14(2)7-4-8-15(14,17)12-9-10-5-3-6-11(16)13(10)18-12/h3,5-6,9,17H,4,7-8H2,1-2H3. The van der Waals surface area contributed by atoms with Crippen molar-refractivity contribution in [1.29, 1.82) is 0 Å². The molecule has 2 aromatic rings. The summed E-state index contributed by atoms with van der Waals surface area (Å²) in [4.78, 5) is 0. The first kappa shape index (κ1) is 11.7. The van der Waals surface area contributed by atoms with Gasteiger partial charge < -0.3 is 9.52 Å². The lowest BCUT2D eigenvalue weighted by Gasteiger charge is -2.34. The Balaban J connectivity index is 2.18. The van der Waals surface area contributed by atoms with Crippen molar-refractivity contribution < 1.29 is 13.9 Å². The molecule has 1 N–H and O–H groups in total. The lowest BCUT2D eigenvalue weighted by atomic mass is 9.76. The number of aliphatic hydroxyl groups is 1. The van der Waals surface area contributed by atoms with Crippen molar-refractivity contribution >= 4 is 11.0 Å². The van der Waals surface area contributed by atoms with Crippen LogP contribution in [0.15, 0.2) is 28.7 Å². The summed E-state index contributed by atoms with van der Waals surface area (Å²) in [5, 5.41) is 11.6. The Bertz CT molecular complexity index is 600. The van der Waals surface area contributed by atoms with Crippen molar-refractivity contribution in [3.63, 3.8) is 0 Å². The summed E-state index contributed by atoms with van der Waals surface area (Å²) in [6.07, 6.45) is 2.58. The average Bonchev–Trinajstić information content (AvgIpc) is 2.83. The molecule has 2 nitrogen and oxygen atoms in total. The lowest BCUT2D eigenvalue weighted by Crippen LogP contribution is -2.36. The molecule has 0 bridgehead atoms. The zero-order valence-corrected chi connectivity index (χ0v) is 10.7. The number of rotatable bonds is 1. The van der Waals surface area contributed by atoms with Crippen molar-refractivity contribution in [3.05, 3.63) is 35.8 Å². The predicted molar refractivity (Wildman–Crippen MR) is 67.7 cm³/mol. The van der Waals surface area contributed by atoms with E-state index < -0.39 is 5.60 Å². The van der Waals surface area contributed by atoms with Gasteiger partial charge in [-0.25, -0.2) is 4.39 Å². The van der Waals surface area contributed by atoms with Gasteiger partial charge >= 0.3 is 0 Å². The van der Waals surface area contributed by atoms with E-state index in [0.29, 0.717) is 17.6 Å². The third-order valence-electron chi connectivity index (χ3n) is 4.36. The van der Waals surface area contributed by atoms with Crippen LogP contribution < -0.4 is 0 Å². The first-order chi connectivity index (χ1) is 8.44. The number of furan rings is 1. The van der Waals surface area contributed by atoms with Crippen LogP contribution in [0.1, 0.15) is 38.9 Å². The number of benzene rings is 1. The molecule has 1 aliphatic rings. The van der Waals surface area contributed by atoms with Crippen LogP contribution in [0, 0.1) is 11.2 Å². The summed E-state index contributed by atoms with van der Waals surface area (Å²) in [7, 11) is 0. The summed E-state index contributed by atoms with van der Waals surface area (Å²) in [6.45, 7) is 4.06. The molecule has 1 saturated carbocycles. The molecule has 0 saturated heterocycles. The molecule has 1 fully saturated rings. The van der Waals surface area contributed by atoms with Gasteiger partial charge in [-0.15, -0.1) is 0 Å². The Morgan fingerprint density at radius 3 is 2.67 bits per heavy atom. The molecule has 0 radical (unpaired) electrons. The second-order valence-electron chi connectivity index (χ2n) is 5.87. The molecule has 1 heterocycles. The number of fused-ring (bicyclic) bond motifs is 1. The fourth-order valence-corrected chi connectivity index (χ4v) is 3.02. The van der Waals surface area contributed by atoms with Gasteiger partial charge in [0.05, 0.1) is 0 Å². The van der Waals surface area contributed by atoms with Crippen LogP contribution in [0.4, 0.5) is 4.39 Å². The van der Waals surface area contributed by atoms with E-state index in [4.69, 9.17) is 4.42 Å². The normalized spacial score (nSPS) is 26.9. The first-order valence-corrected chi connectivity index (χ1v) is 6.35.